The van der Waals surface area contributed by atoms with Gasteiger partial charge in [-0.05, 0) is 49.5 Å². The van der Waals surface area contributed by atoms with E-state index in [4.69, 9.17) is 18.0 Å². The zero-order valence-electron chi connectivity index (χ0n) is 7.42. The van der Waals surface area contributed by atoms with Crippen molar-refractivity contribution in [1.82, 2.24) is 9.97 Å². The molecule has 0 amide bonds. The lowest BCUT2D eigenvalue weighted by atomic mass is 9.87. The standard InChI is InChI=1S/C9H13N3S/c10-4-6-2-1-3-8-7(6)5-11-9(13)12-8/h5-6H,1-4,10H2,(H,11,12,13). The van der Waals surface area contributed by atoms with E-state index >= 15 is 0 Å². The maximum Gasteiger partial charge on any atom is 0.196 e. The van der Waals surface area contributed by atoms with Gasteiger partial charge in [0.25, 0.3) is 0 Å². The summed E-state index contributed by atoms with van der Waals surface area (Å²) < 4.78 is 0.580. The Morgan fingerprint density at radius 2 is 2.54 bits per heavy atom. The number of rotatable bonds is 1. The molecule has 3 N–H and O–H groups in total. The summed E-state index contributed by atoms with van der Waals surface area (Å²) in [5.74, 6) is 0.475. The highest BCUT2D eigenvalue weighted by Gasteiger charge is 2.19. The smallest absolute Gasteiger partial charge is 0.196 e. The van der Waals surface area contributed by atoms with Gasteiger partial charge in [0.05, 0.1) is 0 Å². The van der Waals surface area contributed by atoms with Gasteiger partial charge in [0, 0.05) is 11.9 Å². The van der Waals surface area contributed by atoms with Gasteiger partial charge in [-0.25, -0.2) is 4.98 Å². The van der Waals surface area contributed by atoms with Crippen LogP contribution in [-0.4, -0.2) is 16.5 Å². The van der Waals surface area contributed by atoms with Gasteiger partial charge in [-0.2, -0.15) is 0 Å². The van der Waals surface area contributed by atoms with Crippen molar-refractivity contribution in [3.8, 4) is 0 Å². The van der Waals surface area contributed by atoms with Gasteiger partial charge >= 0.3 is 0 Å². The van der Waals surface area contributed by atoms with Crippen LogP contribution >= 0.6 is 12.2 Å². The van der Waals surface area contributed by atoms with E-state index in [1.807, 2.05) is 6.20 Å². The summed E-state index contributed by atoms with van der Waals surface area (Å²) in [7, 11) is 0. The van der Waals surface area contributed by atoms with Crippen molar-refractivity contribution in [2.24, 2.45) is 5.73 Å². The second-order valence-electron chi connectivity index (χ2n) is 3.45. The summed E-state index contributed by atoms with van der Waals surface area (Å²) >= 11 is 4.97. The van der Waals surface area contributed by atoms with Crippen molar-refractivity contribution in [2.45, 2.75) is 25.2 Å². The molecule has 0 spiro atoms. The van der Waals surface area contributed by atoms with Gasteiger partial charge in [-0.3, -0.25) is 0 Å². The fourth-order valence-electron chi connectivity index (χ4n) is 1.92. The first-order chi connectivity index (χ1) is 6.31. The lowest BCUT2D eigenvalue weighted by Gasteiger charge is -2.22. The number of aryl methyl sites for hydroxylation is 1. The molecule has 13 heavy (non-hydrogen) atoms. The molecule has 1 heterocycles. The molecule has 0 bridgehead atoms. The quantitative estimate of drug-likeness (QED) is 0.668. The van der Waals surface area contributed by atoms with Crippen LogP contribution in [0.2, 0.25) is 0 Å². The summed E-state index contributed by atoms with van der Waals surface area (Å²) in [5, 5.41) is 0. The summed E-state index contributed by atoms with van der Waals surface area (Å²) in [5.41, 5.74) is 8.19. The van der Waals surface area contributed by atoms with Crippen molar-refractivity contribution in [3.05, 3.63) is 22.2 Å². The Balaban J connectivity index is 2.46. The molecule has 0 saturated heterocycles. The Bertz CT molecular complexity index is 358. The van der Waals surface area contributed by atoms with Crippen molar-refractivity contribution in [1.29, 1.82) is 0 Å². The van der Waals surface area contributed by atoms with E-state index in [0.717, 1.165) is 6.42 Å². The van der Waals surface area contributed by atoms with Crippen LogP contribution in [-0.2, 0) is 6.42 Å². The van der Waals surface area contributed by atoms with Crippen LogP contribution in [0.5, 0.6) is 0 Å². The molecule has 0 saturated carbocycles. The first-order valence-electron chi connectivity index (χ1n) is 4.59. The number of fused-ring (bicyclic) bond motifs is 1. The van der Waals surface area contributed by atoms with Crippen molar-refractivity contribution >= 4 is 12.2 Å². The molecular formula is C9H13N3S. The topological polar surface area (TPSA) is 54.7 Å². The second-order valence-corrected chi connectivity index (χ2v) is 3.83. The minimum atomic E-state index is 0.475. The van der Waals surface area contributed by atoms with Crippen molar-refractivity contribution in [2.75, 3.05) is 6.54 Å². The van der Waals surface area contributed by atoms with Gasteiger partial charge in [0.15, 0.2) is 4.77 Å². The van der Waals surface area contributed by atoms with Crippen LogP contribution in [0.1, 0.15) is 30.0 Å². The van der Waals surface area contributed by atoms with E-state index in [-0.39, 0.29) is 0 Å². The van der Waals surface area contributed by atoms with E-state index < -0.39 is 0 Å². The molecule has 3 nitrogen and oxygen atoms in total. The molecule has 4 heteroatoms. The molecule has 1 aliphatic carbocycles. The number of hydrogen-bond donors (Lipinski definition) is 2. The first kappa shape index (κ1) is 8.84. The molecule has 1 unspecified atom stereocenters. The van der Waals surface area contributed by atoms with Gasteiger partial charge < -0.3 is 10.7 Å². The molecule has 2 rings (SSSR count). The number of nitrogens with zero attached hydrogens (tertiary/aromatic N) is 1. The fraction of sp³-hybridized carbons (Fsp3) is 0.556. The number of aromatic nitrogens is 2. The van der Waals surface area contributed by atoms with Gasteiger partial charge in [-0.1, -0.05) is 0 Å². The Morgan fingerprint density at radius 1 is 1.69 bits per heavy atom. The molecule has 1 atom stereocenters. The number of hydrogen-bond acceptors (Lipinski definition) is 3. The fourth-order valence-corrected chi connectivity index (χ4v) is 2.10. The number of H-pyrrole nitrogens is 1. The summed E-state index contributed by atoms with van der Waals surface area (Å²) in [6.07, 6.45) is 5.34. The monoisotopic (exact) mass is 195 g/mol. The highest BCUT2D eigenvalue weighted by atomic mass is 32.1. The lowest BCUT2D eigenvalue weighted by molar-refractivity contribution is 0.547. The molecule has 0 fully saturated rings. The van der Waals surface area contributed by atoms with Crippen molar-refractivity contribution < 1.29 is 0 Å². The molecule has 0 radical (unpaired) electrons. The molecule has 70 valence electrons. The number of aromatic amines is 1. The summed E-state index contributed by atoms with van der Waals surface area (Å²) in [4.78, 5) is 7.23. The Labute approximate surface area is 82.4 Å². The van der Waals surface area contributed by atoms with Crippen LogP contribution in [0.25, 0.3) is 0 Å². The van der Waals surface area contributed by atoms with Gasteiger partial charge in [0.1, 0.15) is 0 Å². The zero-order valence-corrected chi connectivity index (χ0v) is 8.23. The Kier molecular flexibility index (Phi) is 2.42. The Hall–Kier alpha value is -0.740. The third kappa shape index (κ3) is 1.64. The van der Waals surface area contributed by atoms with E-state index in [0.29, 0.717) is 17.2 Å². The number of nitrogens with one attached hydrogen (secondary N) is 1. The van der Waals surface area contributed by atoms with E-state index in [1.54, 1.807) is 0 Å². The predicted molar refractivity (Wildman–Crippen MR) is 54.2 cm³/mol. The van der Waals surface area contributed by atoms with E-state index in [2.05, 4.69) is 9.97 Å². The average molecular weight is 195 g/mol. The third-order valence-corrected chi connectivity index (χ3v) is 2.84. The van der Waals surface area contributed by atoms with Gasteiger partial charge in [-0.15, -0.1) is 0 Å². The molecule has 0 aliphatic heterocycles. The van der Waals surface area contributed by atoms with Crippen LogP contribution in [0.15, 0.2) is 6.20 Å². The minimum absolute atomic E-state index is 0.475. The van der Waals surface area contributed by atoms with E-state index in [1.165, 1.54) is 24.1 Å². The molecule has 1 aliphatic rings. The van der Waals surface area contributed by atoms with Crippen LogP contribution < -0.4 is 5.73 Å². The van der Waals surface area contributed by atoms with Gasteiger partial charge in [0.2, 0.25) is 0 Å². The summed E-state index contributed by atoms with van der Waals surface area (Å²) in [6, 6.07) is 0. The normalized spacial score (nSPS) is 21.2. The summed E-state index contributed by atoms with van der Waals surface area (Å²) in [6.45, 7) is 0.708. The average Bonchev–Trinajstić information content (AvgIpc) is 2.16. The minimum Gasteiger partial charge on any atom is -0.334 e. The number of nitrogens with two attached hydrogens (primary N) is 1. The SMILES string of the molecule is NCC1CCCc2[nH]c(=S)ncc21. The highest BCUT2D eigenvalue weighted by molar-refractivity contribution is 7.71. The van der Waals surface area contributed by atoms with Crippen LogP contribution in [0.4, 0.5) is 0 Å². The zero-order chi connectivity index (χ0) is 9.26. The predicted octanol–water partition coefficient (Wildman–Crippen LogP) is 1.52. The maximum atomic E-state index is 5.69. The van der Waals surface area contributed by atoms with E-state index in [9.17, 15) is 0 Å². The lowest BCUT2D eigenvalue weighted by Crippen LogP contribution is -2.19. The molecule has 1 aromatic heterocycles. The second kappa shape index (κ2) is 3.55. The Morgan fingerprint density at radius 3 is 3.31 bits per heavy atom. The first-order valence-corrected chi connectivity index (χ1v) is 5.00. The van der Waals surface area contributed by atoms with Crippen molar-refractivity contribution in [3.63, 3.8) is 0 Å². The van der Waals surface area contributed by atoms with Crippen LogP contribution in [0.3, 0.4) is 0 Å². The third-order valence-electron chi connectivity index (χ3n) is 2.63. The highest BCUT2D eigenvalue weighted by Crippen LogP contribution is 2.28. The largest absolute Gasteiger partial charge is 0.334 e. The molecule has 1 aromatic rings. The molecule has 0 aromatic carbocycles. The van der Waals surface area contributed by atoms with Crippen LogP contribution in [0, 0.1) is 4.77 Å². The maximum absolute atomic E-state index is 5.69. The molecular weight excluding hydrogens is 182 g/mol.